The highest BCUT2D eigenvalue weighted by molar-refractivity contribution is 6.32. The van der Waals surface area contributed by atoms with E-state index in [0.29, 0.717) is 50.8 Å². The maximum absolute atomic E-state index is 14.9. The molecule has 0 bridgehead atoms. The molecular formula is C36H28FNO6. The Hall–Kier alpha value is -5.24. The first kappa shape index (κ1) is 27.6. The van der Waals surface area contributed by atoms with Crippen molar-refractivity contribution in [2.24, 2.45) is 5.41 Å². The molecule has 1 aliphatic carbocycles. The third-order valence-electron chi connectivity index (χ3n) is 9.18. The van der Waals surface area contributed by atoms with Crippen LogP contribution in [0.1, 0.15) is 48.1 Å². The van der Waals surface area contributed by atoms with Gasteiger partial charge in [-0.3, -0.25) is 14.4 Å². The van der Waals surface area contributed by atoms with Crippen LogP contribution in [0.4, 0.5) is 10.1 Å². The van der Waals surface area contributed by atoms with Gasteiger partial charge >= 0.3 is 0 Å². The second-order valence-electron chi connectivity index (χ2n) is 11.1. The summed E-state index contributed by atoms with van der Waals surface area (Å²) in [6, 6.07) is 21.0. The molecule has 3 atom stereocenters. The molecule has 0 unspecified atom stereocenters. The summed E-state index contributed by atoms with van der Waals surface area (Å²) in [4.78, 5) is 46.4. The minimum atomic E-state index is -1.74. The summed E-state index contributed by atoms with van der Waals surface area (Å²) in [5.41, 5.74) is 0.814. The number of carbonyl (C=O) groups excluding carboxylic acids is 3. The molecule has 3 aliphatic rings. The quantitative estimate of drug-likeness (QED) is 0.197. The average molecular weight is 590 g/mol. The fourth-order valence-electron chi connectivity index (χ4n) is 7.30. The molecule has 0 saturated carbocycles. The van der Waals surface area contributed by atoms with E-state index in [9.17, 15) is 18.8 Å². The molecule has 44 heavy (non-hydrogen) atoms. The molecule has 0 amide bonds. The number of anilines is 1. The van der Waals surface area contributed by atoms with E-state index in [0.717, 1.165) is 0 Å². The van der Waals surface area contributed by atoms with Crippen LogP contribution in [0.5, 0.6) is 17.2 Å². The van der Waals surface area contributed by atoms with Crippen LogP contribution >= 0.6 is 0 Å². The number of halogens is 1. The van der Waals surface area contributed by atoms with Gasteiger partial charge in [0, 0.05) is 39.4 Å². The van der Waals surface area contributed by atoms with E-state index < -0.39 is 29.2 Å². The molecule has 1 saturated heterocycles. The lowest BCUT2D eigenvalue weighted by Gasteiger charge is -2.37. The lowest BCUT2D eigenvalue weighted by atomic mass is 9.64. The fourth-order valence-corrected chi connectivity index (χ4v) is 7.30. The van der Waals surface area contributed by atoms with Gasteiger partial charge in [0.1, 0.15) is 34.5 Å². The number of hydrogen-bond acceptors (Lipinski definition) is 7. The molecule has 0 N–H and O–H groups in total. The third-order valence-corrected chi connectivity index (χ3v) is 9.18. The summed E-state index contributed by atoms with van der Waals surface area (Å²) >= 11 is 0. The number of Topliss-reactive ketones (excluding diaryl/α,β-unsaturated/α-hetero) is 3. The molecule has 8 heteroatoms. The molecule has 1 spiro atoms. The number of nitrogens with zero attached hydrogens (tertiary/aromatic N) is 1. The van der Waals surface area contributed by atoms with Crippen molar-refractivity contribution in [1.29, 1.82) is 0 Å². The predicted molar refractivity (Wildman–Crippen MR) is 163 cm³/mol. The van der Waals surface area contributed by atoms with Crippen molar-refractivity contribution in [1.82, 2.24) is 0 Å². The zero-order chi connectivity index (χ0) is 30.7. The van der Waals surface area contributed by atoms with E-state index in [4.69, 9.17) is 14.2 Å². The lowest BCUT2D eigenvalue weighted by molar-refractivity contribution is 0.0664. The van der Waals surface area contributed by atoms with Gasteiger partial charge in [-0.05, 0) is 60.7 Å². The van der Waals surface area contributed by atoms with Crippen molar-refractivity contribution < 1.29 is 33.0 Å². The van der Waals surface area contributed by atoms with Crippen molar-refractivity contribution in [3.05, 3.63) is 125 Å². The molecule has 220 valence electrons. The second-order valence-corrected chi connectivity index (χ2v) is 11.1. The Bertz CT molecular complexity index is 1850. The summed E-state index contributed by atoms with van der Waals surface area (Å²) < 4.78 is 31.2. The number of rotatable bonds is 6. The molecule has 7 nitrogen and oxygen atoms in total. The Labute approximate surface area is 253 Å². The van der Waals surface area contributed by atoms with Crippen molar-refractivity contribution in [3.8, 4) is 17.2 Å². The number of fused-ring (bicyclic) bond motifs is 5. The Balaban J connectivity index is 1.57. The Morgan fingerprint density at radius 2 is 1.45 bits per heavy atom. The molecule has 4 aromatic carbocycles. The zero-order valence-electron chi connectivity index (χ0n) is 24.2. The van der Waals surface area contributed by atoms with E-state index >= 15 is 0 Å². The zero-order valence-corrected chi connectivity index (χ0v) is 24.2. The summed E-state index contributed by atoms with van der Waals surface area (Å²) in [7, 11) is 4.57. The van der Waals surface area contributed by atoms with Crippen molar-refractivity contribution in [2.45, 2.75) is 18.0 Å². The van der Waals surface area contributed by atoms with Gasteiger partial charge in [-0.15, -0.1) is 0 Å². The second kappa shape index (κ2) is 10.2. The first-order valence-electron chi connectivity index (χ1n) is 14.2. The Morgan fingerprint density at radius 1 is 0.795 bits per heavy atom. The molecule has 7 rings (SSSR count). The van der Waals surface area contributed by atoms with Crippen LogP contribution in [0.3, 0.4) is 0 Å². The van der Waals surface area contributed by atoms with Crippen LogP contribution in [0, 0.1) is 11.2 Å². The number of hydrogen-bond donors (Lipinski definition) is 0. The maximum Gasteiger partial charge on any atom is 0.185 e. The van der Waals surface area contributed by atoms with Gasteiger partial charge in [-0.2, -0.15) is 0 Å². The summed E-state index contributed by atoms with van der Waals surface area (Å²) in [6.45, 7) is 0. The number of methoxy groups -OCH3 is 3. The molecule has 4 aromatic rings. The van der Waals surface area contributed by atoms with Gasteiger partial charge in [-0.25, -0.2) is 4.39 Å². The molecule has 2 aliphatic heterocycles. The van der Waals surface area contributed by atoms with Crippen LogP contribution in [0.25, 0.3) is 6.08 Å². The summed E-state index contributed by atoms with van der Waals surface area (Å²) in [5.74, 6) is -1.05. The molecule has 0 radical (unpaired) electrons. The van der Waals surface area contributed by atoms with Crippen molar-refractivity contribution in [3.63, 3.8) is 0 Å². The first-order valence-corrected chi connectivity index (χ1v) is 14.2. The van der Waals surface area contributed by atoms with Crippen molar-refractivity contribution in [2.75, 3.05) is 26.2 Å². The molecule has 2 heterocycles. The molecular weight excluding hydrogens is 561 g/mol. The number of ether oxygens (including phenoxy) is 3. The lowest BCUT2D eigenvalue weighted by Crippen LogP contribution is -2.48. The van der Waals surface area contributed by atoms with Crippen molar-refractivity contribution >= 4 is 29.1 Å². The monoisotopic (exact) mass is 589 g/mol. The topological polar surface area (TPSA) is 82.1 Å². The molecule has 0 aromatic heterocycles. The fraction of sp³-hybridized carbons (Fsp3) is 0.194. The van der Waals surface area contributed by atoms with Gasteiger partial charge in [0.05, 0.1) is 27.4 Å². The Morgan fingerprint density at radius 3 is 2.09 bits per heavy atom. The average Bonchev–Trinajstić information content (AvgIpc) is 3.49. The van der Waals surface area contributed by atoms with Gasteiger partial charge in [0.2, 0.25) is 0 Å². The van der Waals surface area contributed by atoms with Gasteiger partial charge < -0.3 is 19.1 Å². The van der Waals surface area contributed by atoms with Gasteiger partial charge in [0.15, 0.2) is 17.3 Å². The van der Waals surface area contributed by atoms with Crippen LogP contribution in [0.15, 0.2) is 91.0 Å². The van der Waals surface area contributed by atoms with Crippen LogP contribution in [-0.4, -0.2) is 50.8 Å². The van der Waals surface area contributed by atoms with Crippen LogP contribution < -0.4 is 19.1 Å². The number of benzene rings is 4. The third kappa shape index (κ3) is 3.70. The van der Waals surface area contributed by atoms with Gasteiger partial charge in [0.25, 0.3) is 0 Å². The predicted octanol–water partition coefficient (Wildman–Crippen LogP) is 6.17. The highest BCUT2D eigenvalue weighted by Gasteiger charge is 2.72. The summed E-state index contributed by atoms with van der Waals surface area (Å²) in [6.07, 6.45) is 3.48. The minimum absolute atomic E-state index is 0.306. The van der Waals surface area contributed by atoms with E-state index in [2.05, 4.69) is 0 Å². The standard InChI is InChI=1S/C36H28FNO6/c1-42-23-12-8-20(9-13-23)33(39)32-31(27-19-24(43-2)14-16-29(27)44-3)36(34(40)25-6-4-5-7-26(25)35(36)41)30-17-10-21-18-22(37)11-15-28(21)38(30)32/h4-19,30-32H,1-3H3/t30-,31+,32-/m0/s1. The highest BCUT2D eigenvalue weighted by atomic mass is 19.1. The van der Waals surface area contributed by atoms with E-state index in [1.54, 1.807) is 92.1 Å². The molecule has 1 fully saturated rings. The first-order chi connectivity index (χ1) is 21.3. The normalized spacial score (nSPS) is 20.7. The van der Waals surface area contributed by atoms with E-state index in [-0.39, 0.29) is 17.3 Å². The number of ketones is 3. The minimum Gasteiger partial charge on any atom is -0.497 e. The van der Waals surface area contributed by atoms with Crippen LogP contribution in [0.2, 0.25) is 0 Å². The van der Waals surface area contributed by atoms with Gasteiger partial charge in [-0.1, -0.05) is 36.4 Å². The smallest absolute Gasteiger partial charge is 0.185 e. The summed E-state index contributed by atoms with van der Waals surface area (Å²) in [5, 5.41) is 0. The van der Waals surface area contributed by atoms with E-state index in [1.165, 1.54) is 26.4 Å². The SMILES string of the molecule is COc1ccc(C(=O)[C@@H]2[C@@H](c3cc(OC)ccc3OC)C3(C(=O)c4ccccc4C3=O)[C@@H]3C=Cc4cc(F)ccc4N23)cc1. The largest absolute Gasteiger partial charge is 0.497 e. The Kier molecular flexibility index (Phi) is 6.39. The number of carbonyl (C=O) groups is 3. The highest BCUT2D eigenvalue weighted by Crippen LogP contribution is 2.62. The van der Waals surface area contributed by atoms with E-state index in [1.807, 2.05) is 4.90 Å². The van der Waals surface area contributed by atoms with Crippen LogP contribution in [-0.2, 0) is 0 Å². The maximum atomic E-state index is 14.9.